The van der Waals surface area contributed by atoms with Crippen molar-refractivity contribution in [3.63, 3.8) is 0 Å². The summed E-state index contributed by atoms with van der Waals surface area (Å²) in [7, 11) is 1.44. The summed E-state index contributed by atoms with van der Waals surface area (Å²) in [5, 5.41) is 0.713. The van der Waals surface area contributed by atoms with Crippen LogP contribution in [0.1, 0.15) is 31.8 Å². The van der Waals surface area contributed by atoms with Crippen LogP contribution in [0.15, 0.2) is 66.7 Å². The van der Waals surface area contributed by atoms with Gasteiger partial charge in [0, 0.05) is 54.9 Å². The zero-order chi connectivity index (χ0) is 23.9. The summed E-state index contributed by atoms with van der Waals surface area (Å²) in [6, 6.07) is 18.7. The highest BCUT2D eigenvalue weighted by Crippen LogP contribution is 2.44. The van der Waals surface area contributed by atoms with Gasteiger partial charge in [-0.3, -0.25) is 19.4 Å². The Labute approximate surface area is 202 Å². The number of carbonyl (C=O) groups excluding carboxylic acids is 2. The number of piperazine rings is 1. The summed E-state index contributed by atoms with van der Waals surface area (Å²) in [6.45, 7) is 2.88. The minimum atomic E-state index is -1.62. The van der Waals surface area contributed by atoms with Crippen LogP contribution in [-0.2, 0) is 12.1 Å². The van der Waals surface area contributed by atoms with E-state index in [1.807, 2.05) is 29.2 Å². The molecule has 0 radical (unpaired) electrons. The van der Waals surface area contributed by atoms with E-state index in [0.717, 1.165) is 5.56 Å². The van der Waals surface area contributed by atoms with Crippen LogP contribution in [-0.4, -0.2) is 54.7 Å². The highest BCUT2D eigenvalue weighted by Gasteiger charge is 2.58. The number of rotatable bonds is 5. The molecule has 2 aliphatic rings. The highest BCUT2D eigenvalue weighted by molar-refractivity contribution is 6.33. The van der Waals surface area contributed by atoms with E-state index in [1.54, 1.807) is 30.3 Å². The van der Waals surface area contributed by atoms with Gasteiger partial charge < -0.3 is 4.74 Å². The number of hydrogen-bond acceptors (Lipinski definition) is 5. The van der Waals surface area contributed by atoms with Gasteiger partial charge in [0.05, 0.1) is 7.11 Å². The van der Waals surface area contributed by atoms with Crippen LogP contribution in [0.25, 0.3) is 0 Å². The molecule has 0 spiro atoms. The van der Waals surface area contributed by atoms with Gasteiger partial charge >= 0.3 is 0 Å². The molecule has 0 N–H and O–H groups in total. The molecule has 1 aliphatic carbocycles. The first-order valence-electron chi connectivity index (χ1n) is 11.2. The van der Waals surface area contributed by atoms with Gasteiger partial charge in [-0.05, 0) is 29.3 Å². The molecule has 5 nitrogen and oxygen atoms in total. The molecule has 0 amide bonds. The topological polar surface area (TPSA) is 49.9 Å². The summed E-state index contributed by atoms with van der Waals surface area (Å²) >= 11 is 6.34. The van der Waals surface area contributed by atoms with Gasteiger partial charge in [-0.15, -0.1) is 0 Å². The Hall–Kier alpha value is -3.06. The van der Waals surface area contributed by atoms with Gasteiger partial charge in [-0.2, -0.15) is 0 Å². The predicted octanol–water partition coefficient (Wildman–Crippen LogP) is 4.58. The van der Waals surface area contributed by atoms with Crippen molar-refractivity contribution in [3.05, 3.63) is 99.8 Å². The van der Waals surface area contributed by atoms with Crippen molar-refractivity contribution in [2.75, 3.05) is 33.3 Å². The van der Waals surface area contributed by atoms with E-state index in [1.165, 1.54) is 19.2 Å². The summed E-state index contributed by atoms with van der Waals surface area (Å²) in [4.78, 5) is 31.9. The minimum absolute atomic E-state index is 0.267. The van der Waals surface area contributed by atoms with Crippen molar-refractivity contribution >= 4 is 23.2 Å². The van der Waals surface area contributed by atoms with Gasteiger partial charge in [0.15, 0.2) is 17.1 Å². The zero-order valence-electron chi connectivity index (χ0n) is 18.8. The third-order valence-electron chi connectivity index (χ3n) is 6.80. The first-order valence-corrected chi connectivity index (χ1v) is 11.6. The molecule has 1 fully saturated rings. The fourth-order valence-electron chi connectivity index (χ4n) is 5.10. The number of carbonyl (C=O) groups is 2. The van der Waals surface area contributed by atoms with Crippen LogP contribution in [0.3, 0.4) is 0 Å². The van der Waals surface area contributed by atoms with Crippen LogP contribution in [0.2, 0.25) is 5.02 Å². The maximum atomic E-state index is 14.6. The molecule has 3 aromatic carbocycles. The van der Waals surface area contributed by atoms with E-state index < -0.39 is 11.4 Å². The molecule has 0 saturated carbocycles. The normalized spacial score (nSPS) is 18.2. The van der Waals surface area contributed by atoms with E-state index in [2.05, 4.69) is 4.90 Å². The molecule has 7 heteroatoms. The largest absolute Gasteiger partial charge is 0.497 e. The Bertz CT molecular complexity index is 1240. The maximum Gasteiger partial charge on any atom is 0.196 e. The number of benzene rings is 3. The van der Waals surface area contributed by atoms with Crippen molar-refractivity contribution in [1.29, 1.82) is 0 Å². The lowest BCUT2D eigenvalue weighted by Crippen LogP contribution is -2.60. The summed E-state index contributed by atoms with van der Waals surface area (Å²) in [5.41, 5.74) is 0.455. The van der Waals surface area contributed by atoms with Crippen LogP contribution in [0, 0.1) is 5.82 Å². The number of halogens is 2. The smallest absolute Gasteiger partial charge is 0.196 e. The first-order chi connectivity index (χ1) is 16.4. The van der Waals surface area contributed by atoms with Gasteiger partial charge in [0.25, 0.3) is 0 Å². The third kappa shape index (κ3) is 3.63. The van der Waals surface area contributed by atoms with Crippen molar-refractivity contribution in [1.82, 2.24) is 9.80 Å². The van der Waals surface area contributed by atoms with E-state index >= 15 is 0 Å². The average Bonchev–Trinajstić information content (AvgIpc) is 3.08. The number of ether oxygens (including phenoxy) is 1. The second kappa shape index (κ2) is 8.95. The van der Waals surface area contributed by atoms with Crippen molar-refractivity contribution in [2.24, 2.45) is 0 Å². The van der Waals surface area contributed by atoms with Gasteiger partial charge in [-0.1, -0.05) is 54.1 Å². The van der Waals surface area contributed by atoms with Crippen LogP contribution in [0.4, 0.5) is 4.39 Å². The lowest BCUT2D eigenvalue weighted by Gasteiger charge is -2.44. The number of ketones is 2. The van der Waals surface area contributed by atoms with Crippen LogP contribution < -0.4 is 4.74 Å². The molecular formula is C27H24ClFN2O3. The van der Waals surface area contributed by atoms with Crippen molar-refractivity contribution in [3.8, 4) is 5.75 Å². The van der Waals surface area contributed by atoms with E-state index in [-0.39, 0.29) is 17.3 Å². The Morgan fingerprint density at radius 2 is 1.53 bits per heavy atom. The molecule has 0 atom stereocenters. The molecule has 1 aliphatic heterocycles. The van der Waals surface area contributed by atoms with E-state index in [0.29, 0.717) is 54.4 Å². The summed E-state index contributed by atoms with van der Waals surface area (Å²) in [5.74, 6) is -0.925. The molecule has 0 unspecified atom stereocenters. The Morgan fingerprint density at radius 3 is 2.15 bits per heavy atom. The minimum Gasteiger partial charge on any atom is -0.497 e. The molecule has 1 saturated heterocycles. The molecule has 5 rings (SSSR count). The fraction of sp³-hybridized carbons (Fsp3) is 0.259. The lowest BCUT2D eigenvalue weighted by molar-refractivity contribution is 0.0278. The van der Waals surface area contributed by atoms with E-state index in [4.69, 9.17) is 16.3 Å². The number of nitrogens with zero attached hydrogens (tertiary/aromatic N) is 2. The molecule has 174 valence electrons. The third-order valence-corrected chi connectivity index (χ3v) is 7.17. The standard InChI is InChI=1S/C27H24ClFN2O3/c1-34-21-15-19(14-20(29)16-21)27(25(32)22-7-3-4-8-23(22)26(27)33)31-12-10-30(11-13-31)17-18-6-2-5-9-24(18)28/h2-9,14-16H,10-13,17H2,1H3. The summed E-state index contributed by atoms with van der Waals surface area (Å²) < 4.78 is 19.9. The molecule has 0 aromatic heterocycles. The molecule has 34 heavy (non-hydrogen) atoms. The van der Waals surface area contributed by atoms with E-state index in [9.17, 15) is 14.0 Å². The highest BCUT2D eigenvalue weighted by atomic mass is 35.5. The second-order valence-corrected chi connectivity index (χ2v) is 9.06. The van der Waals surface area contributed by atoms with Crippen LogP contribution >= 0.6 is 11.6 Å². The Kier molecular flexibility index (Phi) is 5.98. The molecule has 1 heterocycles. The van der Waals surface area contributed by atoms with Gasteiger partial charge in [0.1, 0.15) is 11.6 Å². The Balaban J connectivity index is 1.51. The first kappa shape index (κ1) is 22.7. The predicted molar refractivity (Wildman–Crippen MR) is 128 cm³/mol. The van der Waals surface area contributed by atoms with Crippen molar-refractivity contribution < 1.29 is 18.7 Å². The zero-order valence-corrected chi connectivity index (χ0v) is 19.5. The van der Waals surface area contributed by atoms with Gasteiger partial charge in [-0.25, -0.2) is 4.39 Å². The number of Topliss-reactive ketones (excluding diaryl/α,β-unsaturated/α-hetero) is 2. The van der Waals surface area contributed by atoms with Gasteiger partial charge in [0.2, 0.25) is 0 Å². The number of hydrogen-bond donors (Lipinski definition) is 0. The monoisotopic (exact) mass is 478 g/mol. The fourth-order valence-corrected chi connectivity index (χ4v) is 5.30. The van der Waals surface area contributed by atoms with Crippen molar-refractivity contribution in [2.45, 2.75) is 12.1 Å². The maximum absolute atomic E-state index is 14.6. The average molecular weight is 479 g/mol. The number of methoxy groups -OCH3 is 1. The molecular weight excluding hydrogens is 455 g/mol. The summed E-state index contributed by atoms with van der Waals surface area (Å²) in [6.07, 6.45) is 0. The molecule has 0 bridgehead atoms. The van der Waals surface area contributed by atoms with Crippen LogP contribution in [0.5, 0.6) is 5.75 Å². The molecule has 3 aromatic rings. The second-order valence-electron chi connectivity index (χ2n) is 8.65. The number of fused-ring (bicyclic) bond motifs is 1. The quantitative estimate of drug-likeness (QED) is 0.502. The Morgan fingerprint density at radius 1 is 0.912 bits per heavy atom. The lowest BCUT2D eigenvalue weighted by atomic mass is 9.82. The SMILES string of the molecule is COc1cc(F)cc(C2(N3CCN(Cc4ccccc4Cl)CC3)C(=O)c3ccccc3C2=O)c1.